The van der Waals surface area contributed by atoms with E-state index in [1.165, 1.54) is 35.2 Å². The van der Waals surface area contributed by atoms with Crippen molar-refractivity contribution in [3.8, 4) is 0 Å². The van der Waals surface area contributed by atoms with E-state index in [1.807, 2.05) is 27.7 Å². The summed E-state index contributed by atoms with van der Waals surface area (Å²) in [6.45, 7) is 8.23. The number of hydrogen-bond donors (Lipinski definition) is 2. The van der Waals surface area contributed by atoms with Crippen LogP contribution >= 0.6 is 23.1 Å². The summed E-state index contributed by atoms with van der Waals surface area (Å²) in [6, 6.07) is 6.29. The Kier molecular flexibility index (Phi) is 6.17. The molecule has 1 unspecified atom stereocenters. The van der Waals surface area contributed by atoms with Gasteiger partial charge in [-0.1, -0.05) is 35.2 Å². The van der Waals surface area contributed by atoms with Crippen molar-refractivity contribution < 1.29 is 9.18 Å². The Hall–Kier alpha value is -1.67. The van der Waals surface area contributed by atoms with Gasteiger partial charge in [0.2, 0.25) is 11.0 Å². The molecule has 0 aliphatic rings. The third-order valence-electron chi connectivity index (χ3n) is 2.91. The number of rotatable bonds is 6. The number of amides is 1. The summed E-state index contributed by atoms with van der Waals surface area (Å²) in [6.07, 6.45) is 0. The fourth-order valence-corrected chi connectivity index (χ4v) is 3.68. The van der Waals surface area contributed by atoms with Crippen LogP contribution in [-0.4, -0.2) is 26.9 Å². The predicted octanol–water partition coefficient (Wildman–Crippen LogP) is 3.68. The number of thioether (sulfide) groups is 1. The van der Waals surface area contributed by atoms with Crippen LogP contribution in [0, 0.1) is 5.82 Å². The zero-order chi connectivity index (χ0) is 17.7. The minimum absolute atomic E-state index is 0.0245. The molecule has 0 saturated carbocycles. The molecule has 0 spiro atoms. The third kappa shape index (κ3) is 6.09. The van der Waals surface area contributed by atoms with Crippen LogP contribution in [0.3, 0.4) is 0 Å². The molecule has 0 aliphatic carbocycles. The van der Waals surface area contributed by atoms with Crippen molar-refractivity contribution in [1.29, 1.82) is 0 Å². The van der Waals surface area contributed by atoms with E-state index in [1.54, 1.807) is 12.1 Å². The first-order valence-electron chi connectivity index (χ1n) is 7.53. The zero-order valence-corrected chi connectivity index (χ0v) is 15.7. The van der Waals surface area contributed by atoms with Gasteiger partial charge < -0.3 is 10.6 Å². The minimum atomic E-state index is -0.255. The average Bonchev–Trinajstić information content (AvgIpc) is 2.92. The van der Waals surface area contributed by atoms with Gasteiger partial charge >= 0.3 is 0 Å². The van der Waals surface area contributed by atoms with Gasteiger partial charge in [0.25, 0.3) is 0 Å². The first-order valence-corrected chi connectivity index (χ1v) is 9.23. The van der Waals surface area contributed by atoms with Crippen LogP contribution in [0.5, 0.6) is 0 Å². The number of aromatic nitrogens is 2. The molecule has 1 aromatic heterocycles. The van der Waals surface area contributed by atoms with E-state index in [-0.39, 0.29) is 22.5 Å². The molecule has 24 heavy (non-hydrogen) atoms. The molecular weight excluding hydrogens is 347 g/mol. The number of carbonyl (C=O) groups is 1. The summed E-state index contributed by atoms with van der Waals surface area (Å²) in [5, 5.41) is 14.7. The van der Waals surface area contributed by atoms with Crippen LogP contribution in [0.2, 0.25) is 0 Å². The van der Waals surface area contributed by atoms with E-state index < -0.39 is 0 Å². The van der Waals surface area contributed by atoms with Crippen LogP contribution in [-0.2, 0) is 11.3 Å². The lowest BCUT2D eigenvalue weighted by Gasteiger charge is -2.22. The molecule has 0 saturated heterocycles. The molecule has 2 aromatic rings. The number of carbonyl (C=O) groups excluding carboxylic acids is 1. The highest BCUT2D eigenvalue weighted by atomic mass is 32.2. The van der Waals surface area contributed by atoms with Crippen LogP contribution < -0.4 is 10.6 Å². The summed E-state index contributed by atoms with van der Waals surface area (Å²) in [7, 11) is 0. The van der Waals surface area contributed by atoms with Crippen LogP contribution in [0.1, 0.15) is 33.3 Å². The van der Waals surface area contributed by atoms with Gasteiger partial charge in [-0.05, 0) is 45.4 Å². The molecule has 0 radical (unpaired) electrons. The lowest BCUT2D eigenvalue weighted by atomic mass is 10.1. The Morgan fingerprint density at radius 3 is 2.58 bits per heavy atom. The van der Waals surface area contributed by atoms with E-state index in [9.17, 15) is 9.18 Å². The molecule has 0 fully saturated rings. The molecule has 1 amide bonds. The summed E-state index contributed by atoms with van der Waals surface area (Å²) in [5.41, 5.74) is 0.702. The van der Waals surface area contributed by atoms with Gasteiger partial charge in [0.1, 0.15) is 5.82 Å². The van der Waals surface area contributed by atoms with Crippen molar-refractivity contribution in [3.05, 3.63) is 35.6 Å². The highest BCUT2D eigenvalue weighted by Gasteiger charge is 2.21. The Bertz CT molecular complexity index is 682. The second kappa shape index (κ2) is 7.94. The number of nitrogens with one attached hydrogen (secondary N) is 2. The van der Waals surface area contributed by atoms with Gasteiger partial charge in [-0.25, -0.2) is 4.39 Å². The number of benzene rings is 1. The smallest absolute Gasteiger partial charge is 0.233 e. The molecule has 2 rings (SSSR count). The first kappa shape index (κ1) is 18.7. The Morgan fingerprint density at radius 2 is 1.96 bits per heavy atom. The molecule has 2 N–H and O–H groups in total. The molecule has 0 aliphatic heterocycles. The maximum atomic E-state index is 12.9. The summed E-state index contributed by atoms with van der Waals surface area (Å²) >= 11 is 2.77. The van der Waals surface area contributed by atoms with E-state index in [4.69, 9.17) is 0 Å². The fourth-order valence-electron chi connectivity index (χ4n) is 1.78. The van der Waals surface area contributed by atoms with E-state index in [2.05, 4.69) is 20.8 Å². The van der Waals surface area contributed by atoms with Gasteiger partial charge in [0.15, 0.2) is 4.34 Å². The van der Waals surface area contributed by atoms with Gasteiger partial charge in [-0.2, -0.15) is 0 Å². The molecule has 8 heteroatoms. The van der Waals surface area contributed by atoms with E-state index in [0.29, 0.717) is 11.7 Å². The molecule has 0 bridgehead atoms. The predicted molar refractivity (Wildman–Crippen MR) is 96.9 cm³/mol. The SMILES string of the molecule is CC(Sc1nnc(NCc2ccc(F)cc2)s1)C(=O)NC(C)(C)C. The summed E-state index contributed by atoms with van der Waals surface area (Å²) < 4.78 is 13.6. The monoisotopic (exact) mass is 368 g/mol. The molecule has 130 valence electrons. The largest absolute Gasteiger partial charge is 0.356 e. The standard InChI is InChI=1S/C16H21FN4OS2/c1-10(13(22)19-16(2,3)4)23-15-21-20-14(24-15)18-9-11-5-7-12(17)8-6-11/h5-8,10H,9H2,1-4H3,(H,18,20)(H,19,22). The van der Waals surface area contributed by atoms with Crippen LogP contribution in [0.4, 0.5) is 9.52 Å². The van der Waals surface area contributed by atoms with Crippen molar-refractivity contribution in [2.24, 2.45) is 0 Å². The van der Waals surface area contributed by atoms with Gasteiger partial charge in [-0.15, -0.1) is 10.2 Å². The highest BCUT2D eigenvalue weighted by Crippen LogP contribution is 2.29. The maximum Gasteiger partial charge on any atom is 0.233 e. The summed E-state index contributed by atoms with van der Waals surface area (Å²) in [5.74, 6) is -0.278. The lowest BCUT2D eigenvalue weighted by Crippen LogP contribution is -2.44. The lowest BCUT2D eigenvalue weighted by molar-refractivity contribution is -0.121. The zero-order valence-electron chi connectivity index (χ0n) is 14.1. The normalized spacial score (nSPS) is 12.7. The van der Waals surface area contributed by atoms with E-state index in [0.717, 1.165) is 9.90 Å². The third-order valence-corrected chi connectivity index (χ3v) is 4.97. The fraction of sp³-hybridized carbons (Fsp3) is 0.438. The Morgan fingerprint density at radius 1 is 1.29 bits per heavy atom. The maximum absolute atomic E-state index is 12.9. The van der Waals surface area contributed by atoms with Gasteiger partial charge in [-0.3, -0.25) is 4.79 Å². The second-order valence-electron chi connectivity index (χ2n) is 6.35. The average molecular weight is 369 g/mol. The van der Waals surface area contributed by atoms with Crippen molar-refractivity contribution in [3.63, 3.8) is 0 Å². The number of hydrogen-bond acceptors (Lipinski definition) is 6. The van der Waals surface area contributed by atoms with Crippen LogP contribution in [0.25, 0.3) is 0 Å². The first-order chi connectivity index (χ1) is 11.2. The molecular formula is C16H21FN4OS2. The van der Waals surface area contributed by atoms with Crippen molar-refractivity contribution in [2.75, 3.05) is 5.32 Å². The number of nitrogens with zero attached hydrogens (tertiary/aromatic N) is 2. The number of anilines is 1. The molecule has 1 atom stereocenters. The van der Waals surface area contributed by atoms with Crippen LogP contribution in [0.15, 0.2) is 28.6 Å². The molecule has 1 heterocycles. The number of halogens is 1. The van der Waals surface area contributed by atoms with Crippen molar-refractivity contribution >= 4 is 34.1 Å². The van der Waals surface area contributed by atoms with Crippen molar-refractivity contribution in [1.82, 2.24) is 15.5 Å². The highest BCUT2D eigenvalue weighted by molar-refractivity contribution is 8.02. The Labute approximate surface area is 149 Å². The second-order valence-corrected chi connectivity index (χ2v) is 8.92. The molecule has 1 aromatic carbocycles. The topological polar surface area (TPSA) is 66.9 Å². The van der Waals surface area contributed by atoms with E-state index >= 15 is 0 Å². The van der Waals surface area contributed by atoms with Crippen molar-refractivity contribution in [2.45, 2.75) is 49.4 Å². The molecule has 5 nitrogen and oxygen atoms in total. The Balaban J connectivity index is 1.86. The van der Waals surface area contributed by atoms with Gasteiger partial charge in [0, 0.05) is 12.1 Å². The minimum Gasteiger partial charge on any atom is -0.356 e. The van der Waals surface area contributed by atoms with Gasteiger partial charge in [0.05, 0.1) is 5.25 Å². The quantitative estimate of drug-likeness (QED) is 0.761. The summed E-state index contributed by atoms with van der Waals surface area (Å²) in [4.78, 5) is 12.1.